The van der Waals surface area contributed by atoms with Crippen LogP contribution in [-0.2, 0) is 6.61 Å². The summed E-state index contributed by atoms with van der Waals surface area (Å²) in [4.78, 5) is 0. The monoisotopic (exact) mass is 258 g/mol. The smallest absolute Gasteiger partial charge is 0.127 e. The van der Waals surface area contributed by atoms with E-state index in [1.54, 1.807) is 0 Å². The molecule has 2 nitrogen and oxygen atoms in total. The second-order valence-electron chi connectivity index (χ2n) is 3.22. The van der Waals surface area contributed by atoms with Crippen molar-refractivity contribution in [2.45, 2.75) is 26.9 Å². The van der Waals surface area contributed by atoms with Gasteiger partial charge < -0.3 is 9.84 Å². The molecule has 1 aromatic carbocycles. The molecule has 0 atom stereocenters. The van der Waals surface area contributed by atoms with Crippen LogP contribution in [0.5, 0.6) is 5.75 Å². The predicted molar refractivity (Wildman–Crippen MR) is 60.6 cm³/mol. The molecule has 3 heteroatoms. The summed E-state index contributed by atoms with van der Waals surface area (Å²) in [5.74, 6) is 0.817. The third-order valence-electron chi connectivity index (χ3n) is 1.94. The van der Waals surface area contributed by atoms with Crippen LogP contribution in [0.2, 0.25) is 0 Å². The lowest BCUT2D eigenvalue weighted by atomic mass is 10.1. The lowest BCUT2D eigenvalue weighted by Crippen LogP contribution is -2.01. The third-order valence-corrected chi connectivity index (χ3v) is 2.40. The summed E-state index contributed by atoms with van der Waals surface area (Å²) in [6.45, 7) is 4.75. The van der Waals surface area contributed by atoms with E-state index in [1.807, 2.05) is 19.1 Å². The molecule has 0 fully saturated rings. The van der Waals surface area contributed by atoms with Gasteiger partial charge in [-0.25, -0.2) is 0 Å². The predicted octanol–water partition coefficient (Wildman–Crippen LogP) is 3.04. The van der Waals surface area contributed by atoms with Crippen molar-refractivity contribution in [3.8, 4) is 5.75 Å². The fourth-order valence-electron chi connectivity index (χ4n) is 1.33. The van der Waals surface area contributed by atoms with Gasteiger partial charge >= 0.3 is 0 Å². The molecule has 1 N–H and O–H groups in total. The summed E-state index contributed by atoms with van der Waals surface area (Å²) in [6.07, 6.45) is 0.973. The average Bonchev–Trinajstić information content (AvgIpc) is 2.15. The minimum Gasteiger partial charge on any atom is -0.493 e. The Morgan fingerprint density at radius 2 is 2.14 bits per heavy atom. The summed E-state index contributed by atoms with van der Waals surface area (Å²) in [5, 5.41) is 9.17. The van der Waals surface area contributed by atoms with Crippen molar-refractivity contribution in [2.24, 2.45) is 0 Å². The van der Waals surface area contributed by atoms with Gasteiger partial charge in [0.15, 0.2) is 0 Å². The van der Waals surface area contributed by atoms with E-state index in [0.717, 1.165) is 27.8 Å². The van der Waals surface area contributed by atoms with Crippen molar-refractivity contribution < 1.29 is 9.84 Å². The molecule has 0 bridgehead atoms. The second-order valence-corrected chi connectivity index (χ2v) is 4.13. The topological polar surface area (TPSA) is 29.5 Å². The van der Waals surface area contributed by atoms with Crippen LogP contribution in [0.3, 0.4) is 0 Å². The van der Waals surface area contributed by atoms with E-state index in [4.69, 9.17) is 9.84 Å². The molecule has 0 heterocycles. The van der Waals surface area contributed by atoms with E-state index in [0.29, 0.717) is 6.61 Å². The molecule has 0 unspecified atom stereocenters. The number of hydrogen-bond donors (Lipinski definition) is 1. The van der Waals surface area contributed by atoms with Crippen molar-refractivity contribution in [1.82, 2.24) is 0 Å². The first kappa shape index (κ1) is 11.5. The number of aliphatic hydroxyl groups excluding tert-OH is 1. The number of halogens is 1. The highest BCUT2D eigenvalue weighted by Crippen LogP contribution is 2.28. The maximum Gasteiger partial charge on any atom is 0.127 e. The van der Waals surface area contributed by atoms with E-state index in [1.165, 1.54) is 0 Å². The van der Waals surface area contributed by atoms with Crippen molar-refractivity contribution in [3.05, 3.63) is 27.7 Å². The number of hydrogen-bond acceptors (Lipinski definition) is 2. The first-order valence-corrected chi connectivity index (χ1v) is 5.51. The van der Waals surface area contributed by atoms with E-state index >= 15 is 0 Å². The van der Waals surface area contributed by atoms with Crippen LogP contribution >= 0.6 is 15.9 Å². The molecule has 1 aromatic rings. The molecule has 0 spiro atoms. The van der Waals surface area contributed by atoms with Crippen LogP contribution in [0, 0.1) is 6.92 Å². The van der Waals surface area contributed by atoms with E-state index in [2.05, 4.69) is 22.9 Å². The molecule has 0 aliphatic carbocycles. The molecular weight excluding hydrogens is 244 g/mol. The maximum atomic E-state index is 9.17. The van der Waals surface area contributed by atoms with Gasteiger partial charge in [0.05, 0.1) is 13.2 Å². The summed E-state index contributed by atoms with van der Waals surface area (Å²) in [6, 6.07) is 3.88. The number of aliphatic hydroxyl groups is 1. The highest BCUT2D eigenvalue weighted by molar-refractivity contribution is 9.10. The van der Waals surface area contributed by atoms with Crippen LogP contribution in [-0.4, -0.2) is 11.7 Å². The fourth-order valence-corrected chi connectivity index (χ4v) is 1.95. The van der Waals surface area contributed by atoms with Crippen LogP contribution in [0.15, 0.2) is 16.6 Å². The SMILES string of the molecule is CCCOc1c(C)cc(Br)cc1CO. The van der Waals surface area contributed by atoms with Gasteiger partial charge in [-0.3, -0.25) is 0 Å². The highest BCUT2D eigenvalue weighted by Gasteiger charge is 2.07. The lowest BCUT2D eigenvalue weighted by molar-refractivity contribution is 0.262. The Morgan fingerprint density at radius 1 is 1.43 bits per heavy atom. The molecule has 0 amide bonds. The number of aryl methyl sites for hydroxylation is 1. The summed E-state index contributed by atoms with van der Waals surface area (Å²) in [5.41, 5.74) is 1.89. The zero-order valence-corrected chi connectivity index (χ0v) is 10.1. The quantitative estimate of drug-likeness (QED) is 0.900. The summed E-state index contributed by atoms with van der Waals surface area (Å²) in [7, 11) is 0. The van der Waals surface area contributed by atoms with Gasteiger partial charge in [-0.2, -0.15) is 0 Å². The normalized spacial score (nSPS) is 10.3. The Morgan fingerprint density at radius 3 is 2.71 bits per heavy atom. The first-order valence-electron chi connectivity index (χ1n) is 4.71. The molecule has 0 aliphatic heterocycles. The maximum absolute atomic E-state index is 9.17. The standard InChI is InChI=1S/C11H15BrO2/c1-3-4-14-11-8(2)5-10(12)6-9(11)7-13/h5-6,13H,3-4,7H2,1-2H3. The molecule has 14 heavy (non-hydrogen) atoms. The van der Waals surface area contributed by atoms with Gasteiger partial charge in [0, 0.05) is 10.0 Å². The number of rotatable bonds is 4. The van der Waals surface area contributed by atoms with Gasteiger partial charge in [0.1, 0.15) is 5.75 Å². The van der Waals surface area contributed by atoms with Crippen molar-refractivity contribution in [3.63, 3.8) is 0 Å². The van der Waals surface area contributed by atoms with Gasteiger partial charge in [0.25, 0.3) is 0 Å². The Balaban J connectivity index is 2.99. The van der Waals surface area contributed by atoms with Gasteiger partial charge in [0.2, 0.25) is 0 Å². The van der Waals surface area contributed by atoms with E-state index in [-0.39, 0.29) is 6.61 Å². The highest BCUT2D eigenvalue weighted by atomic mass is 79.9. The Bertz CT molecular complexity index is 310. The fraction of sp³-hybridized carbons (Fsp3) is 0.455. The molecule has 0 saturated carbocycles. The second kappa shape index (κ2) is 5.37. The first-order chi connectivity index (χ1) is 6.69. The minimum atomic E-state index is 0.0132. The summed E-state index contributed by atoms with van der Waals surface area (Å²) >= 11 is 3.39. The lowest BCUT2D eigenvalue weighted by Gasteiger charge is -2.12. The Hall–Kier alpha value is -0.540. The zero-order chi connectivity index (χ0) is 10.6. The molecule has 1 rings (SSSR count). The molecule has 0 saturated heterocycles. The van der Waals surface area contributed by atoms with Gasteiger partial charge in [-0.05, 0) is 31.0 Å². The van der Waals surface area contributed by atoms with Gasteiger partial charge in [-0.1, -0.05) is 22.9 Å². The average molecular weight is 259 g/mol. The van der Waals surface area contributed by atoms with Crippen molar-refractivity contribution >= 4 is 15.9 Å². The largest absolute Gasteiger partial charge is 0.493 e. The van der Waals surface area contributed by atoms with Crippen molar-refractivity contribution in [2.75, 3.05) is 6.61 Å². The minimum absolute atomic E-state index is 0.0132. The molecule has 0 aliphatic rings. The van der Waals surface area contributed by atoms with Crippen molar-refractivity contribution in [1.29, 1.82) is 0 Å². The van der Waals surface area contributed by atoms with Gasteiger partial charge in [-0.15, -0.1) is 0 Å². The number of ether oxygens (including phenoxy) is 1. The van der Waals surface area contributed by atoms with Crippen LogP contribution in [0.1, 0.15) is 24.5 Å². The van der Waals surface area contributed by atoms with E-state index in [9.17, 15) is 0 Å². The Kier molecular flexibility index (Phi) is 4.42. The van der Waals surface area contributed by atoms with Crippen LogP contribution in [0.4, 0.5) is 0 Å². The van der Waals surface area contributed by atoms with E-state index < -0.39 is 0 Å². The molecule has 78 valence electrons. The number of benzene rings is 1. The third kappa shape index (κ3) is 2.72. The summed E-state index contributed by atoms with van der Waals surface area (Å²) < 4.78 is 6.56. The Labute approximate surface area is 93.0 Å². The van der Waals surface area contributed by atoms with Crippen LogP contribution in [0.25, 0.3) is 0 Å². The zero-order valence-electron chi connectivity index (χ0n) is 8.51. The molecule has 0 radical (unpaired) electrons. The molecular formula is C11H15BrO2. The molecule has 0 aromatic heterocycles. The van der Waals surface area contributed by atoms with Crippen LogP contribution < -0.4 is 4.74 Å².